The first-order valence-electron chi connectivity index (χ1n) is 45.5. The number of aliphatic hydroxyl groups excluding tert-OH is 1. The second kappa shape index (κ2) is 66.0. The molecular formula is C94H153N2O18P. The second-order valence-corrected chi connectivity index (χ2v) is 33.8. The molecule has 2 unspecified atom stereocenters. The van der Waals surface area contributed by atoms with Crippen LogP contribution in [0, 0.1) is 5.92 Å². The summed E-state index contributed by atoms with van der Waals surface area (Å²) in [4.78, 5) is 120. The molecular weight excluding hydrogens is 1480 g/mol. The van der Waals surface area contributed by atoms with Crippen LogP contribution in [0.1, 0.15) is 371 Å². The van der Waals surface area contributed by atoms with Gasteiger partial charge in [-0.25, -0.2) is 4.57 Å². The van der Waals surface area contributed by atoms with E-state index in [4.69, 9.17) is 28.2 Å². The quantitative estimate of drug-likeness (QED) is 0.0132. The number of aryl methyl sites for hydroxylation is 3. The van der Waals surface area contributed by atoms with E-state index in [2.05, 4.69) is 67.8 Å². The average molecular weight is 1630 g/mol. The lowest BCUT2D eigenvalue weighted by Gasteiger charge is -2.46. The molecule has 0 aromatic heterocycles. The van der Waals surface area contributed by atoms with E-state index in [0.29, 0.717) is 57.8 Å². The third-order valence-electron chi connectivity index (χ3n) is 22.2. The molecule has 652 valence electrons. The van der Waals surface area contributed by atoms with Crippen LogP contribution in [-0.2, 0) is 85.6 Å². The molecule has 0 saturated carbocycles. The van der Waals surface area contributed by atoms with E-state index < -0.39 is 137 Å². The van der Waals surface area contributed by atoms with Crippen molar-refractivity contribution >= 4 is 49.3 Å². The maximum atomic E-state index is 15.0. The van der Waals surface area contributed by atoms with Crippen molar-refractivity contribution in [3.63, 3.8) is 0 Å². The maximum Gasteiger partial charge on any atom is 0.470 e. The number of phosphoric ester groups is 1. The van der Waals surface area contributed by atoms with Crippen molar-refractivity contribution in [1.29, 1.82) is 0 Å². The van der Waals surface area contributed by atoms with E-state index in [9.17, 15) is 53.3 Å². The number of carboxylic acid groups (broad SMARTS) is 1. The molecule has 1 fully saturated rings. The summed E-state index contributed by atoms with van der Waals surface area (Å²) in [6, 6.07) is 27.5. The van der Waals surface area contributed by atoms with Crippen molar-refractivity contribution in [2.45, 2.75) is 423 Å². The summed E-state index contributed by atoms with van der Waals surface area (Å²) in [5.41, 5.74) is 3.84. The smallest absolute Gasteiger partial charge is 0.470 e. The van der Waals surface area contributed by atoms with Gasteiger partial charge in [0.25, 0.3) is 0 Å². The Morgan fingerprint density at radius 3 is 1.03 bits per heavy atom. The van der Waals surface area contributed by atoms with Crippen LogP contribution in [0.4, 0.5) is 0 Å². The lowest BCUT2D eigenvalue weighted by molar-refractivity contribution is -0.251. The van der Waals surface area contributed by atoms with E-state index >= 15 is 4.79 Å². The molecule has 1 aliphatic rings. The number of carbonyl (C=O) groups excluding carboxylic acids is 6. The Hall–Kier alpha value is -5.86. The second-order valence-electron chi connectivity index (χ2n) is 32.6. The van der Waals surface area contributed by atoms with Gasteiger partial charge in [-0.2, -0.15) is 0 Å². The molecule has 20 nitrogen and oxygen atoms in total. The highest BCUT2D eigenvalue weighted by Gasteiger charge is 2.51. The number of ketones is 1. The van der Waals surface area contributed by atoms with Crippen molar-refractivity contribution < 1.29 is 86.3 Å². The zero-order valence-electron chi connectivity index (χ0n) is 71.1. The topological polar surface area (TPSA) is 297 Å². The number of aliphatic hydroxyl groups is 1. The molecule has 6 N–H and O–H groups in total. The Morgan fingerprint density at radius 1 is 0.400 bits per heavy atom. The molecule has 0 radical (unpaired) electrons. The van der Waals surface area contributed by atoms with Gasteiger partial charge >= 0.3 is 31.7 Å². The number of carboxylic acids is 1. The molecule has 0 spiro atoms. The summed E-state index contributed by atoms with van der Waals surface area (Å²) < 4.78 is 49.5. The fourth-order valence-corrected chi connectivity index (χ4v) is 16.1. The highest BCUT2D eigenvalue weighted by molar-refractivity contribution is 7.46. The highest BCUT2D eigenvalue weighted by atomic mass is 31.2. The number of hydrogen-bond donors (Lipinski definition) is 6. The minimum Gasteiger partial charge on any atom is -0.481 e. The SMILES string of the molecule is CCCCCCCCCCC[C@H](CC(=O)C[C@@H](CO[C@@H]1OC(CO)[C@@H](OP(=O)(O)O)[C@H](NC(=O)C[C@@H](CCCCCCCCCCC)OC(=O)CCCCCCCc2ccccc2)C1NC(=O)C[C@@H](CCCCCCCCCCC)OC(=O)CCCCCCCc1ccccc1)C(=O)O)OC(=O)CCCCCCCc1ccccc1. The number of hydrogen-bond acceptors (Lipinski definition) is 15. The van der Waals surface area contributed by atoms with Gasteiger partial charge < -0.3 is 54.3 Å². The summed E-state index contributed by atoms with van der Waals surface area (Å²) in [5, 5.41) is 27.7. The predicted octanol–water partition coefficient (Wildman–Crippen LogP) is 21.2. The summed E-state index contributed by atoms with van der Waals surface area (Å²) in [6.07, 6.45) is 35.6. The van der Waals surface area contributed by atoms with Gasteiger partial charge in [0.1, 0.15) is 42.3 Å². The lowest BCUT2D eigenvalue weighted by atomic mass is 9.92. The van der Waals surface area contributed by atoms with E-state index in [1.807, 2.05) is 54.6 Å². The van der Waals surface area contributed by atoms with Gasteiger partial charge in [0, 0.05) is 32.1 Å². The van der Waals surface area contributed by atoms with Crippen molar-refractivity contribution in [3.8, 4) is 0 Å². The molecule has 1 saturated heterocycles. The van der Waals surface area contributed by atoms with Crippen molar-refractivity contribution in [2.75, 3.05) is 13.2 Å². The Balaban J connectivity index is 1.64. The van der Waals surface area contributed by atoms with Gasteiger partial charge in [-0.3, -0.25) is 38.1 Å². The molecule has 0 aliphatic carbocycles. The van der Waals surface area contributed by atoms with Crippen LogP contribution in [0.2, 0.25) is 0 Å². The lowest BCUT2D eigenvalue weighted by Crippen LogP contribution is -2.70. The van der Waals surface area contributed by atoms with E-state index in [1.165, 1.54) is 61.6 Å². The van der Waals surface area contributed by atoms with Crippen LogP contribution < -0.4 is 10.6 Å². The molecule has 115 heavy (non-hydrogen) atoms. The number of amides is 2. The third kappa shape index (κ3) is 51.9. The molecule has 2 amide bonds. The number of nitrogens with one attached hydrogen (secondary N) is 2. The van der Waals surface area contributed by atoms with E-state index in [0.717, 1.165) is 205 Å². The van der Waals surface area contributed by atoms with Crippen LogP contribution in [0.3, 0.4) is 0 Å². The van der Waals surface area contributed by atoms with Gasteiger partial charge in [0.05, 0.1) is 38.0 Å². The standard InChI is InChI=1S/C94H153N2O18P/c1-4-7-10-13-16-19-22-31-49-64-81(110-87(101)67-52-34-25-28-40-55-76-58-43-37-44-59-76)71-80(98)70-79(93(104)105)75-109-94-91(96-86(100)73-83(66-51-33-24-21-18-15-12-9-6-3)112-89(103)69-54-36-27-30-42-57-78-62-47-39-48-63-78)90(92(84(74-97)113-94)114-115(106,107)108)95-85(99)72-82(65-50-32-23-20-17-14-11-8-5-2)111-88(102)68-53-35-26-29-41-56-77-60-45-38-46-61-77/h37-39,43-48,58-63,79,81-84,90-92,94,97H,4-36,40-42,49-57,64-75H2,1-3H3,(H,95,99)(H,96,100)(H,104,105)(H2,106,107,108)/t79-,81+,82+,83+,84?,90+,91?,92+,94+/m0/s1. The Kier molecular flexibility index (Phi) is 58.3. The fourth-order valence-electron chi connectivity index (χ4n) is 15.5. The molecule has 3 aromatic carbocycles. The van der Waals surface area contributed by atoms with Crippen LogP contribution in [0.5, 0.6) is 0 Å². The zero-order chi connectivity index (χ0) is 83.0. The van der Waals surface area contributed by atoms with Gasteiger partial charge in [0.15, 0.2) is 6.29 Å². The molecule has 1 heterocycles. The summed E-state index contributed by atoms with van der Waals surface area (Å²) in [7, 11) is -5.55. The number of phosphoric acid groups is 1. The van der Waals surface area contributed by atoms with Crippen LogP contribution in [0.15, 0.2) is 91.0 Å². The van der Waals surface area contributed by atoms with Crippen molar-refractivity contribution in [1.82, 2.24) is 10.6 Å². The Labute approximate surface area is 692 Å². The van der Waals surface area contributed by atoms with Gasteiger partial charge in [-0.15, -0.1) is 0 Å². The van der Waals surface area contributed by atoms with Gasteiger partial charge in [-0.05, 0) is 113 Å². The number of unbranched alkanes of at least 4 members (excludes halogenated alkanes) is 36. The Bertz CT molecular complexity index is 3030. The maximum absolute atomic E-state index is 15.0. The highest BCUT2D eigenvalue weighted by Crippen LogP contribution is 2.42. The van der Waals surface area contributed by atoms with Crippen molar-refractivity contribution in [3.05, 3.63) is 108 Å². The van der Waals surface area contributed by atoms with Crippen LogP contribution in [-0.4, -0.2) is 124 Å². The molecule has 3 aromatic rings. The van der Waals surface area contributed by atoms with E-state index in [-0.39, 0.29) is 25.7 Å². The first-order chi connectivity index (χ1) is 55.9. The number of aliphatic carboxylic acids is 1. The minimum absolute atomic E-state index is 0.121. The summed E-state index contributed by atoms with van der Waals surface area (Å²) in [5.74, 6) is -6.41. The third-order valence-corrected chi connectivity index (χ3v) is 22.7. The van der Waals surface area contributed by atoms with E-state index in [1.54, 1.807) is 0 Å². The number of rotatable bonds is 74. The Morgan fingerprint density at radius 2 is 0.704 bits per heavy atom. The number of Topliss-reactive ketones (excluding diaryl/α,β-unsaturated/α-hetero) is 1. The largest absolute Gasteiger partial charge is 0.481 e. The molecule has 4 rings (SSSR count). The van der Waals surface area contributed by atoms with Gasteiger partial charge in [0.2, 0.25) is 11.8 Å². The number of ether oxygens (including phenoxy) is 5. The first kappa shape index (κ1) is 101. The molecule has 0 bridgehead atoms. The molecule has 1 aliphatic heterocycles. The summed E-state index contributed by atoms with van der Waals surface area (Å²) in [6.45, 7) is 4.82. The van der Waals surface area contributed by atoms with Crippen LogP contribution in [0.25, 0.3) is 0 Å². The number of esters is 3. The summed E-state index contributed by atoms with van der Waals surface area (Å²) >= 11 is 0. The molecule has 21 heteroatoms. The normalized spacial score (nSPS) is 16.6. The monoisotopic (exact) mass is 1630 g/mol. The van der Waals surface area contributed by atoms with Crippen molar-refractivity contribution in [2.24, 2.45) is 5.92 Å². The first-order valence-corrected chi connectivity index (χ1v) is 47.1. The minimum atomic E-state index is -5.55. The van der Waals surface area contributed by atoms with Gasteiger partial charge in [-0.1, -0.05) is 324 Å². The number of benzene rings is 3. The zero-order valence-corrected chi connectivity index (χ0v) is 72.0. The average Bonchev–Trinajstić information content (AvgIpc) is 0.779. The molecule has 9 atom stereocenters. The fraction of sp³-hybridized carbons (Fsp3) is 0.734. The number of carbonyl (C=O) groups is 7. The van der Waals surface area contributed by atoms with Crippen LogP contribution >= 0.6 is 7.82 Å². The predicted molar refractivity (Wildman–Crippen MR) is 456 cm³/mol.